The lowest BCUT2D eigenvalue weighted by Gasteiger charge is -2.36. The first kappa shape index (κ1) is 79.6. The van der Waals surface area contributed by atoms with Gasteiger partial charge >= 0.3 is 0 Å². The van der Waals surface area contributed by atoms with Gasteiger partial charge in [-0.15, -0.1) is 0 Å². The summed E-state index contributed by atoms with van der Waals surface area (Å²) in [6.45, 7) is 9.43. The number of phosphoric acid groups is 4. The minimum absolute atomic E-state index is 0.0110. The number of imidazole rings is 1. The molecule has 6 heterocycles. The fourth-order valence-electron chi connectivity index (χ4n) is 13.2. The zero-order chi connectivity index (χ0) is 74.1. The first-order chi connectivity index (χ1) is 46.9. The fraction of sp³-hybridized carbons (Fsp3) is 0.542. The molecule has 7 atom stereocenters. The largest absolute Gasteiger partial charge is 0.756 e. The molecule has 1 amide bonds. The Bertz CT molecular complexity index is 4620. The van der Waals surface area contributed by atoms with Crippen LogP contribution in [0.1, 0.15) is 128 Å². The van der Waals surface area contributed by atoms with E-state index in [0.29, 0.717) is 75.0 Å². The summed E-state index contributed by atoms with van der Waals surface area (Å²) in [7, 11) is -39.0. The number of amides is 1. The summed E-state index contributed by atoms with van der Waals surface area (Å²) in [5.41, 5.74) is 11.4. The lowest BCUT2D eigenvalue weighted by atomic mass is 9.82. The molecule has 2 aromatic heterocycles. The molecule has 4 aromatic rings. The summed E-state index contributed by atoms with van der Waals surface area (Å²) < 4.78 is 186. The number of benzene rings is 2. The van der Waals surface area contributed by atoms with Gasteiger partial charge < -0.3 is 73.0 Å². The number of carbonyl (C=O) groups excluding carboxylic acids is 1. The number of ether oxygens (including phenoxy) is 1. The van der Waals surface area contributed by atoms with Crippen molar-refractivity contribution in [3.05, 3.63) is 117 Å². The Morgan fingerprint density at radius 3 is 1.86 bits per heavy atom. The number of aromatic nitrogens is 4. The number of anilines is 3. The van der Waals surface area contributed by atoms with Gasteiger partial charge in [0.1, 0.15) is 35.5 Å². The van der Waals surface area contributed by atoms with Gasteiger partial charge in [0, 0.05) is 101 Å². The summed E-state index contributed by atoms with van der Waals surface area (Å²) in [5.74, 6) is -2.12. The molecule has 5 aliphatic rings. The van der Waals surface area contributed by atoms with Crippen molar-refractivity contribution in [1.29, 1.82) is 0 Å². The number of aryl methyl sites for hydroxylation is 1. The monoisotopic (exact) mass is 1550 g/mol. The molecule has 1 saturated carbocycles. The highest BCUT2D eigenvalue weighted by atomic mass is 32.2. The number of piperidine rings is 1. The molecule has 2 aromatic carbocycles. The van der Waals surface area contributed by atoms with Crippen molar-refractivity contribution in [2.75, 3.05) is 73.0 Å². The van der Waals surface area contributed by atoms with Gasteiger partial charge in [0.05, 0.1) is 50.8 Å². The lowest BCUT2D eigenvalue weighted by molar-refractivity contribution is -0.539. The summed E-state index contributed by atoms with van der Waals surface area (Å²) in [4.78, 5) is 88.9. The molecular formula is C59H77N9O26P4S3-6. The second-order valence-corrected chi connectivity index (χ2v) is 36.4. The first-order valence-electron chi connectivity index (χ1n) is 32.0. The van der Waals surface area contributed by atoms with Crippen LogP contribution in [0.15, 0.2) is 99.3 Å². The van der Waals surface area contributed by atoms with Crippen LogP contribution < -0.4 is 46.0 Å². The van der Waals surface area contributed by atoms with Crippen LogP contribution in [0.5, 0.6) is 0 Å². The van der Waals surface area contributed by atoms with Crippen LogP contribution in [-0.2, 0) is 91.0 Å². The molecule has 558 valence electrons. The number of rotatable bonds is 30. The van der Waals surface area contributed by atoms with Crippen molar-refractivity contribution in [2.24, 2.45) is 5.92 Å². The third kappa shape index (κ3) is 20.3. The maximum absolute atomic E-state index is 13.7. The number of carbonyl (C=O) groups is 1. The molecule has 9 rings (SSSR count). The van der Waals surface area contributed by atoms with Gasteiger partial charge in [-0.2, -0.15) is 4.98 Å². The van der Waals surface area contributed by atoms with E-state index in [1.54, 1.807) is 0 Å². The molecule has 3 fully saturated rings. The molecule has 1 aliphatic carbocycles. The Kier molecular flexibility index (Phi) is 24.7. The number of aromatic amines is 1. The number of H-pyrrole nitrogens is 1. The number of nitrogen functional groups attached to an aromatic ring is 1. The highest BCUT2D eigenvalue weighted by Crippen LogP contribution is 2.67. The number of hydrogen-bond acceptors (Lipinski definition) is 31. The lowest BCUT2D eigenvalue weighted by Crippen LogP contribution is -2.40. The Morgan fingerprint density at radius 2 is 1.30 bits per heavy atom. The van der Waals surface area contributed by atoms with Crippen LogP contribution in [0.3, 0.4) is 0 Å². The Morgan fingerprint density at radius 1 is 0.762 bits per heavy atom. The third-order valence-electron chi connectivity index (χ3n) is 17.9. The van der Waals surface area contributed by atoms with E-state index < -0.39 is 132 Å². The number of aliphatic hydroxyl groups excluding tert-OH is 1. The van der Waals surface area contributed by atoms with Crippen molar-refractivity contribution >= 4 is 102 Å². The second-order valence-electron chi connectivity index (χ2n) is 26.0. The number of aliphatic hydroxyl groups is 1. The predicted octanol–water partition coefficient (Wildman–Crippen LogP) is 3.33. The molecule has 0 radical (unpaired) electrons. The van der Waals surface area contributed by atoms with Crippen molar-refractivity contribution in [3.63, 3.8) is 0 Å². The van der Waals surface area contributed by atoms with Gasteiger partial charge in [0.2, 0.25) is 17.6 Å². The number of fused-ring (bicyclic) bond motifs is 3. The number of nitrogens with two attached hydrogens (primary N) is 1. The molecule has 42 heteroatoms. The smallest absolute Gasteiger partial charge is 0.280 e. The molecular weight excluding hydrogens is 1470 g/mol. The first-order valence-corrected chi connectivity index (χ1v) is 42.4. The molecule has 5 unspecified atom stereocenters. The van der Waals surface area contributed by atoms with Gasteiger partial charge in [-0.3, -0.25) is 37.4 Å². The van der Waals surface area contributed by atoms with Gasteiger partial charge in [0.25, 0.3) is 36.9 Å². The highest BCUT2D eigenvalue weighted by molar-refractivity contribution is 7.86. The standard InChI is InChI=1S/C59H83N9O26P4S3/c1-38-15-19-45-43(33-38)58(2,3)49(66(45)26-11-31-99(80,81)82)21-16-39-13-10-14-40(17-22-50-59(4,5)44-34-42(101(86,87)88)18-20-46(44)67(50)27-12-32-100(83,84)85)53(39)65-28-23-41(24-29-65)55(70)61-25-8-6-7-9-30-89-95(72,73)92-97(76,77)94-98(78,79)93-96(74,75)90-36-48-47(69)35-51(91-48)68-37-62-52-54(68)63-57(60)64-56(52)71/h15-22,33-34,37,41,47-48,51,69H,6-14,23-32,35-36H2,1-5H3,(H10-,60,61,63,64,70,71,72,73,74,75,76,77,78,79,80,81,82,83,84,85,86,87,88)/p-6/t47?,48-,51-/m1/s1. The maximum atomic E-state index is 13.7. The zero-order valence-corrected chi connectivity index (χ0v) is 61.5. The summed E-state index contributed by atoms with van der Waals surface area (Å²) in [6, 6.07) is 10.0. The van der Waals surface area contributed by atoms with Crippen LogP contribution in [0, 0.1) is 12.8 Å². The van der Waals surface area contributed by atoms with E-state index in [4.69, 9.17) is 10.5 Å². The molecule has 4 aliphatic heterocycles. The number of allylic oxidation sites excluding steroid dienone is 8. The Labute approximate surface area is 582 Å². The van der Waals surface area contributed by atoms with Crippen LogP contribution in [-0.4, -0.2) is 149 Å². The van der Waals surface area contributed by atoms with Crippen LogP contribution in [0.2, 0.25) is 0 Å². The number of phosphoric ester groups is 2. The van der Waals surface area contributed by atoms with E-state index in [2.05, 4.69) is 72.8 Å². The topological polar surface area (TPSA) is 536 Å². The van der Waals surface area contributed by atoms with Crippen molar-refractivity contribution in [2.45, 2.75) is 146 Å². The predicted molar refractivity (Wildman–Crippen MR) is 353 cm³/mol. The highest BCUT2D eigenvalue weighted by Gasteiger charge is 2.43. The minimum atomic E-state index is -6.55. The quantitative estimate of drug-likeness (QED) is 0.0252. The van der Waals surface area contributed by atoms with E-state index in [1.807, 2.05) is 60.9 Å². The molecule has 0 spiro atoms. The Hall–Kier alpha value is -5.50. The summed E-state index contributed by atoms with van der Waals surface area (Å²) in [5, 5.41) is 13.4. The van der Waals surface area contributed by atoms with Gasteiger partial charge in [-0.25, -0.2) is 47.7 Å². The maximum Gasteiger partial charge on any atom is 0.280 e. The summed E-state index contributed by atoms with van der Waals surface area (Å²) in [6.07, 6.45) is 8.62. The van der Waals surface area contributed by atoms with Crippen molar-refractivity contribution in [3.8, 4) is 0 Å². The van der Waals surface area contributed by atoms with Gasteiger partial charge in [0.15, 0.2) is 11.2 Å². The van der Waals surface area contributed by atoms with Gasteiger partial charge in [-0.1, -0.05) is 70.4 Å². The van der Waals surface area contributed by atoms with E-state index in [1.165, 1.54) is 22.8 Å². The molecule has 2 saturated heterocycles. The number of nitrogens with zero attached hydrogens (tertiary/aromatic N) is 6. The molecule has 0 bridgehead atoms. The minimum Gasteiger partial charge on any atom is -0.756 e. The van der Waals surface area contributed by atoms with E-state index in [9.17, 15) is 91.4 Å². The number of unbranched alkanes of at least 4 members (excludes halogenated alkanes) is 3. The van der Waals surface area contributed by atoms with E-state index in [-0.39, 0.29) is 74.8 Å². The Balaban J connectivity index is 0.809. The average Bonchev–Trinajstić information content (AvgIpc) is 1.60. The van der Waals surface area contributed by atoms with Crippen molar-refractivity contribution in [1.82, 2.24) is 24.8 Å². The fourth-order valence-corrected chi connectivity index (χ4v) is 19.4. The normalized spacial score (nSPS) is 24.2. The number of nitrogens with one attached hydrogen (secondary N) is 2. The SMILES string of the molecule is Cc1ccc2c(c1)C(C)(C)/C(=C/C=C1\CCC/C(=C\C=C3/N(CCCS(=O)(=O)[O-])c4ccc(S(=O)(=O)[O-])cc4C3(C)C)C1=[N+]1CCC(C(=O)NCCCCCCOP(=O)([O-])OP(=O)([O-])OP(=O)([O-])OP(=O)([O-])OC[C@H]3O[C@@H](n4cnc5c(=O)[nH]c(N)nc54)CC3O)CC1)N2CCCS(=O)(=O)[O-]. The molecule has 35 nitrogen and oxygen atoms in total. The zero-order valence-electron chi connectivity index (χ0n) is 55.4. The van der Waals surface area contributed by atoms with Crippen LogP contribution >= 0.6 is 31.3 Å². The van der Waals surface area contributed by atoms with E-state index in [0.717, 1.165) is 45.7 Å². The average molecular weight is 1550 g/mol. The van der Waals surface area contributed by atoms with Crippen molar-refractivity contribution < 1.29 is 118 Å². The number of hydrogen-bond donors (Lipinski definition) is 4. The third-order valence-corrected chi connectivity index (χ3v) is 26.1. The van der Waals surface area contributed by atoms with Gasteiger partial charge in [-0.05, 0) is 99.4 Å². The summed E-state index contributed by atoms with van der Waals surface area (Å²) >= 11 is 0. The van der Waals surface area contributed by atoms with Crippen LogP contribution in [0.25, 0.3) is 11.2 Å². The molecule has 101 heavy (non-hydrogen) atoms. The van der Waals surface area contributed by atoms with Crippen LogP contribution in [0.4, 0.5) is 17.3 Å². The van der Waals surface area contributed by atoms with E-state index >= 15 is 0 Å². The molecule has 5 N–H and O–H groups in total. The second kappa shape index (κ2) is 31.3.